The second-order valence-electron chi connectivity index (χ2n) is 8.52. The van der Waals surface area contributed by atoms with Gasteiger partial charge < -0.3 is 15.2 Å². The second kappa shape index (κ2) is 9.77. The molecule has 1 amide bonds. The zero-order valence-corrected chi connectivity index (χ0v) is 19.6. The van der Waals surface area contributed by atoms with E-state index in [1.54, 1.807) is 37.4 Å². The van der Waals surface area contributed by atoms with E-state index in [0.29, 0.717) is 28.8 Å². The van der Waals surface area contributed by atoms with Crippen LogP contribution in [-0.4, -0.2) is 59.8 Å². The highest BCUT2D eigenvalue weighted by atomic mass is 16.5. The number of carbonyl (C=O) groups excluding carboxylic acids is 1. The van der Waals surface area contributed by atoms with E-state index in [9.17, 15) is 4.79 Å². The summed E-state index contributed by atoms with van der Waals surface area (Å²) in [6.07, 6.45) is 9.12. The maximum Gasteiger partial charge on any atom is 0.261 e. The summed E-state index contributed by atoms with van der Waals surface area (Å²) in [7, 11) is 3.41. The van der Waals surface area contributed by atoms with Gasteiger partial charge in [-0.25, -0.2) is 9.97 Å². The van der Waals surface area contributed by atoms with Gasteiger partial charge in [0.05, 0.1) is 29.8 Å². The molecule has 11 nitrogen and oxygen atoms in total. The van der Waals surface area contributed by atoms with E-state index < -0.39 is 0 Å². The first kappa shape index (κ1) is 23.0. The summed E-state index contributed by atoms with van der Waals surface area (Å²) in [5, 5.41) is 8.39. The van der Waals surface area contributed by atoms with Crippen LogP contribution in [0.2, 0.25) is 0 Å². The maximum atomic E-state index is 11.9. The van der Waals surface area contributed by atoms with Gasteiger partial charge in [0, 0.05) is 32.4 Å². The van der Waals surface area contributed by atoms with Crippen LogP contribution >= 0.6 is 0 Å². The van der Waals surface area contributed by atoms with Crippen molar-refractivity contribution in [1.82, 2.24) is 39.8 Å². The van der Waals surface area contributed by atoms with Crippen LogP contribution in [0.25, 0.3) is 22.8 Å². The molecule has 2 atom stereocenters. The van der Waals surface area contributed by atoms with E-state index in [1.807, 2.05) is 18.3 Å². The average molecular weight is 462 g/mol. The van der Waals surface area contributed by atoms with E-state index in [1.165, 1.54) is 11.1 Å². The highest BCUT2D eigenvalue weighted by Crippen LogP contribution is 2.27. The lowest BCUT2D eigenvalue weighted by molar-refractivity contribution is -0.129. The Bertz CT molecular complexity index is 1250. The molecule has 11 heteroatoms. The zero-order chi connectivity index (χ0) is 24.2. The molecule has 4 aromatic rings. The van der Waals surface area contributed by atoms with Crippen molar-refractivity contribution in [2.45, 2.75) is 32.7 Å². The van der Waals surface area contributed by atoms with Crippen molar-refractivity contribution in [3.63, 3.8) is 0 Å². The molecule has 0 aliphatic carbocycles. The van der Waals surface area contributed by atoms with Gasteiger partial charge in [0.2, 0.25) is 5.91 Å². The second-order valence-corrected chi connectivity index (χ2v) is 8.52. The zero-order valence-electron chi connectivity index (χ0n) is 19.6. The Morgan fingerprint density at radius 2 is 1.88 bits per heavy atom. The quantitative estimate of drug-likeness (QED) is 0.418. The molecule has 0 fully saturated rings. The lowest BCUT2D eigenvalue weighted by Crippen LogP contribution is -2.26. The number of likely N-dealkylation sites (N-methyl/N-ethyl adjacent to an activating group) is 1. The third-order valence-corrected chi connectivity index (χ3v) is 5.70. The molecule has 0 spiro atoms. The Balaban J connectivity index is 1.39. The topological polar surface area (TPSA) is 142 Å². The first-order chi connectivity index (χ1) is 16.3. The summed E-state index contributed by atoms with van der Waals surface area (Å²) in [6, 6.07) is 3.97. The molecule has 0 aromatic carbocycles. The molecule has 0 saturated carbocycles. The number of aromatic nitrogens is 7. The number of hydrogen-bond acceptors (Lipinski definition) is 9. The van der Waals surface area contributed by atoms with E-state index in [-0.39, 0.29) is 24.3 Å². The molecule has 34 heavy (non-hydrogen) atoms. The van der Waals surface area contributed by atoms with Gasteiger partial charge in [-0.3, -0.25) is 14.5 Å². The van der Waals surface area contributed by atoms with Crippen LogP contribution in [0.1, 0.15) is 31.2 Å². The number of amides is 1. The largest absolute Gasteiger partial charge is 0.382 e. The first-order valence-electron chi connectivity index (χ1n) is 10.9. The van der Waals surface area contributed by atoms with Crippen LogP contribution in [0.3, 0.4) is 0 Å². The Kier molecular flexibility index (Phi) is 6.62. The molecule has 2 N–H and O–H groups in total. The van der Waals surface area contributed by atoms with Crippen molar-refractivity contribution in [3.05, 3.63) is 54.5 Å². The summed E-state index contributed by atoms with van der Waals surface area (Å²) in [4.78, 5) is 30.8. The van der Waals surface area contributed by atoms with Crippen molar-refractivity contribution in [2.75, 3.05) is 19.8 Å². The number of nitrogens with two attached hydrogens (primary N) is 1. The van der Waals surface area contributed by atoms with Gasteiger partial charge in [-0.05, 0) is 24.0 Å². The van der Waals surface area contributed by atoms with Crippen molar-refractivity contribution < 1.29 is 9.32 Å². The fourth-order valence-corrected chi connectivity index (χ4v) is 3.35. The minimum absolute atomic E-state index is 0.0489. The third kappa shape index (κ3) is 5.25. The molecule has 0 bridgehead atoms. The fourth-order valence-electron chi connectivity index (χ4n) is 3.35. The minimum atomic E-state index is -0.0489. The molecule has 4 heterocycles. The molecular formula is C23H27N9O2. The highest BCUT2D eigenvalue weighted by molar-refractivity contribution is 5.75. The molecule has 0 radical (unpaired) electrons. The smallest absolute Gasteiger partial charge is 0.261 e. The monoisotopic (exact) mass is 461 g/mol. The molecule has 0 aliphatic heterocycles. The number of pyridine rings is 1. The molecule has 0 aliphatic rings. The van der Waals surface area contributed by atoms with Gasteiger partial charge in [-0.1, -0.05) is 25.1 Å². The van der Waals surface area contributed by atoms with E-state index in [0.717, 1.165) is 17.7 Å². The van der Waals surface area contributed by atoms with Crippen molar-refractivity contribution in [3.8, 4) is 22.8 Å². The predicted molar refractivity (Wildman–Crippen MR) is 125 cm³/mol. The van der Waals surface area contributed by atoms with Crippen LogP contribution in [0, 0.1) is 5.92 Å². The summed E-state index contributed by atoms with van der Waals surface area (Å²) < 4.78 is 7.02. The fraction of sp³-hybridized carbons (Fsp3) is 0.348. The van der Waals surface area contributed by atoms with Crippen molar-refractivity contribution >= 4 is 11.7 Å². The van der Waals surface area contributed by atoms with Crippen LogP contribution in [0.4, 0.5) is 5.82 Å². The van der Waals surface area contributed by atoms with Gasteiger partial charge in [0.25, 0.3) is 5.89 Å². The highest BCUT2D eigenvalue weighted by Gasteiger charge is 2.22. The van der Waals surface area contributed by atoms with Gasteiger partial charge in [0.15, 0.2) is 5.82 Å². The Morgan fingerprint density at radius 1 is 1.09 bits per heavy atom. The van der Waals surface area contributed by atoms with Gasteiger partial charge in [-0.2, -0.15) is 10.1 Å². The first-order valence-corrected chi connectivity index (χ1v) is 10.9. The number of carbonyl (C=O) groups is 1. The van der Waals surface area contributed by atoms with Crippen LogP contribution in [-0.2, 0) is 17.8 Å². The maximum absolute atomic E-state index is 11.9. The Labute approximate surface area is 197 Å². The van der Waals surface area contributed by atoms with Gasteiger partial charge in [0.1, 0.15) is 18.1 Å². The minimum Gasteiger partial charge on any atom is -0.382 e. The molecule has 0 saturated heterocycles. The van der Waals surface area contributed by atoms with E-state index >= 15 is 0 Å². The molecule has 4 aromatic heterocycles. The molecular weight excluding hydrogens is 434 g/mol. The van der Waals surface area contributed by atoms with Crippen LogP contribution < -0.4 is 5.73 Å². The number of anilines is 1. The average Bonchev–Trinajstić information content (AvgIpc) is 3.49. The lowest BCUT2D eigenvalue weighted by atomic mass is 9.89. The van der Waals surface area contributed by atoms with Gasteiger partial charge >= 0.3 is 0 Å². The standard InChI is InChI=1S/C23H27N9O2/c1-14(7-16-5-6-18(25-8-16)19-10-27-20(24)11-26-19)15(2)22-29-23(34-30-22)17-9-28-32(12-17)13-21(33)31(3)4/h5-6,8-12,14-15H,7,13H2,1-4H3,(H2,24,27). The summed E-state index contributed by atoms with van der Waals surface area (Å²) >= 11 is 0. The summed E-state index contributed by atoms with van der Waals surface area (Å²) in [5.74, 6) is 1.64. The molecule has 2 unspecified atom stereocenters. The summed E-state index contributed by atoms with van der Waals surface area (Å²) in [5.41, 5.74) is 8.79. The lowest BCUT2D eigenvalue weighted by Gasteiger charge is -2.16. The number of hydrogen-bond donors (Lipinski definition) is 1. The summed E-state index contributed by atoms with van der Waals surface area (Å²) in [6.45, 7) is 4.37. The van der Waals surface area contributed by atoms with Gasteiger partial charge in [-0.15, -0.1) is 0 Å². The number of nitrogen functional groups attached to an aromatic ring is 1. The normalized spacial score (nSPS) is 12.9. The number of nitrogens with zero attached hydrogens (tertiary/aromatic N) is 8. The van der Waals surface area contributed by atoms with Crippen molar-refractivity contribution in [2.24, 2.45) is 5.92 Å². The Hall–Kier alpha value is -4.15. The third-order valence-electron chi connectivity index (χ3n) is 5.70. The van der Waals surface area contributed by atoms with E-state index in [2.05, 4.69) is 44.0 Å². The van der Waals surface area contributed by atoms with Crippen molar-refractivity contribution in [1.29, 1.82) is 0 Å². The van der Waals surface area contributed by atoms with Crippen LogP contribution in [0.15, 0.2) is 47.6 Å². The molecule has 4 rings (SSSR count). The SMILES string of the molecule is CC(Cc1ccc(-c2cnc(N)cn2)nc1)C(C)c1noc(-c2cnn(CC(=O)N(C)C)c2)n1. The number of rotatable bonds is 8. The van der Waals surface area contributed by atoms with Crippen LogP contribution in [0.5, 0.6) is 0 Å². The molecule has 176 valence electrons. The Morgan fingerprint density at radius 3 is 2.56 bits per heavy atom. The van der Waals surface area contributed by atoms with E-state index in [4.69, 9.17) is 10.3 Å². The predicted octanol–water partition coefficient (Wildman–Crippen LogP) is 2.44.